The summed E-state index contributed by atoms with van der Waals surface area (Å²) in [6.07, 6.45) is 2.24. The molecule has 0 atom stereocenters. The molecule has 0 saturated heterocycles. The van der Waals surface area contributed by atoms with Crippen LogP contribution in [0.4, 0.5) is 5.82 Å². The minimum Gasteiger partial charge on any atom is -0.431 e. The number of aromatic nitrogens is 3. The van der Waals surface area contributed by atoms with E-state index in [0.717, 1.165) is 28.1 Å². The van der Waals surface area contributed by atoms with E-state index in [1.165, 1.54) is 18.1 Å². The lowest BCUT2D eigenvalue weighted by molar-refractivity contribution is 0.489. The van der Waals surface area contributed by atoms with Crippen molar-refractivity contribution in [2.24, 2.45) is 5.84 Å². The van der Waals surface area contributed by atoms with Crippen molar-refractivity contribution in [3.63, 3.8) is 0 Å². The lowest BCUT2D eigenvalue weighted by Crippen LogP contribution is -2.12. The van der Waals surface area contributed by atoms with Crippen LogP contribution in [0.3, 0.4) is 0 Å². The van der Waals surface area contributed by atoms with Crippen molar-refractivity contribution in [1.82, 2.24) is 15.0 Å². The Balaban J connectivity index is 1.98. The molecule has 0 unspecified atom stereocenters. The third-order valence-electron chi connectivity index (χ3n) is 2.85. The molecule has 2 heterocycles. The van der Waals surface area contributed by atoms with E-state index in [9.17, 15) is 0 Å². The number of rotatable bonds is 4. The lowest BCUT2D eigenvalue weighted by atomic mass is 10.2. The van der Waals surface area contributed by atoms with E-state index in [4.69, 9.17) is 10.3 Å². The molecule has 2 aromatic heterocycles. The van der Waals surface area contributed by atoms with Crippen LogP contribution in [0.2, 0.25) is 0 Å². The topological polar surface area (TPSA) is 89.9 Å². The Bertz CT molecular complexity index is 709. The number of oxazole rings is 1. The third-order valence-corrected chi connectivity index (χ3v) is 3.75. The van der Waals surface area contributed by atoms with Crippen molar-refractivity contribution in [2.45, 2.75) is 23.6 Å². The monoisotopic (exact) mass is 287 g/mol. The first kappa shape index (κ1) is 12.9. The van der Waals surface area contributed by atoms with E-state index < -0.39 is 0 Å². The van der Waals surface area contributed by atoms with Gasteiger partial charge in [-0.2, -0.15) is 0 Å². The van der Waals surface area contributed by atoms with E-state index in [0.29, 0.717) is 11.0 Å². The van der Waals surface area contributed by atoms with Crippen LogP contribution < -0.4 is 11.3 Å². The maximum Gasteiger partial charge on any atom is 0.263 e. The number of fused-ring (bicyclic) bond motifs is 1. The van der Waals surface area contributed by atoms with Crippen LogP contribution >= 0.6 is 11.8 Å². The molecule has 0 aliphatic carbocycles. The highest BCUT2D eigenvalue weighted by Gasteiger charge is 2.14. The second kappa shape index (κ2) is 5.48. The predicted molar refractivity (Wildman–Crippen MR) is 77.4 cm³/mol. The Hall–Kier alpha value is -2.12. The molecule has 102 valence electrons. The Kier molecular flexibility index (Phi) is 3.53. The van der Waals surface area contributed by atoms with Gasteiger partial charge in [-0.15, -0.1) is 0 Å². The van der Waals surface area contributed by atoms with Crippen LogP contribution in [0.15, 0.2) is 45.3 Å². The Morgan fingerprint density at radius 2 is 2.15 bits per heavy atom. The Morgan fingerprint density at radius 1 is 1.30 bits per heavy atom. The van der Waals surface area contributed by atoms with Gasteiger partial charge in [0.05, 0.1) is 0 Å². The van der Waals surface area contributed by atoms with E-state index in [1.807, 2.05) is 31.2 Å². The molecule has 0 bridgehead atoms. The first-order chi connectivity index (χ1) is 9.81. The fraction of sp³-hybridized carbons (Fsp3) is 0.154. The summed E-state index contributed by atoms with van der Waals surface area (Å²) < 4.78 is 5.68. The number of nitrogens with zero attached hydrogens (tertiary/aromatic N) is 3. The second-order valence-electron chi connectivity index (χ2n) is 4.05. The van der Waals surface area contributed by atoms with Crippen LogP contribution in [-0.2, 0) is 6.42 Å². The fourth-order valence-electron chi connectivity index (χ4n) is 1.90. The third kappa shape index (κ3) is 2.33. The summed E-state index contributed by atoms with van der Waals surface area (Å²) in [5, 5.41) is 1.35. The highest BCUT2D eigenvalue weighted by molar-refractivity contribution is 7.99. The molecule has 0 radical (unpaired) electrons. The first-order valence-corrected chi connectivity index (χ1v) is 6.97. The average Bonchev–Trinajstić information content (AvgIpc) is 2.89. The quantitative estimate of drug-likeness (QED) is 0.433. The number of nitrogen functional groups attached to an aromatic ring is 1. The lowest BCUT2D eigenvalue weighted by Gasteiger charge is -2.08. The van der Waals surface area contributed by atoms with Gasteiger partial charge in [-0.1, -0.05) is 19.1 Å². The molecule has 20 heavy (non-hydrogen) atoms. The van der Waals surface area contributed by atoms with Gasteiger partial charge in [0, 0.05) is 5.56 Å². The molecule has 0 amide bonds. The summed E-state index contributed by atoms with van der Waals surface area (Å²) in [6.45, 7) is 2.02. The number of benzene rings is 1. The van der Waals surface area contributed by atoms with E-state index in [2.05, 4.69) is 20.4 Å². The molecule has 0 aliphatic heterocycles. The number of nitrogens with two attached hydrogens (primary N) is 1. The zero-order chi connectivity index (χ0) is 13.9. The summed E-state index contributed by atoms with van der Waals surface area (Å²) in [7, 11) is 0. The number of anilines is 1. The smallest absolute Gasteiger partial charge is 0.263 e. The zero-order valence-electron chi connectivity index (χ0n) is 10.8. The molecule has 0 saturated carbocycles. The predicted octanol–water partition coefficient (Wildman–Crippen LogP) is 2.62. The van der Waals surface area contributed by atoms with E-state index in [1.54, 1.807) is 0 Å². The second-order valence-corrected chi connectivity index (χ2v) is 4.99. The zero-order valence-corrected chi connectivity index (χ0v) is 11.6. The van der Waals surface area contributed by atoms with Gasteiger partial charge in [-0.3, -0.25) is 0 Å². The summed E-state index contributed by atoms with van der Waals surface area (Å²) in [4.78, 5) is 12.8. The number of hydrogen-bond donors (Lipinski definition) is 2. The molecule has 6 nitrogen and oxygen atoms in total. The van der Waals surface area contributed by atoms with Crippen molar-refractivity contribution < 1.29 is 4.42 Å². The highest BCUT2D eigenvalue weighted by atomic mass is 32.2. The molecule has 1 aromatic carbocycles. The van der Waals surface area contributed by atoms with Crippen molar-refractivity contribution >= 4 is 28.7 Å². The maximum absolute atomic E-state index is 5.68. The Morgan fingerprint density at radius 3 is 2.90 bits per heavy atom. The molecule has 0 aliphatic rings. The van der Waals surface area contributed by atoms with Crippen LogP contribution in [-0.4, -0.2) is 15.0 Å². The number of hydrogen-bond acceptors (Lipinski definition) is 7. The van der Waals surface area contributed by atoms with Crippen molar-refractivity contribution in [2.75, 3.05) is 5.43 Å². The normalized spacial score (nSPS) is 10.9. The van der Waals surface area contributed by atoms with Crippen molar-refractivity contribution in [3.8, 4) is 0 Å². The van der Waals surface area contributed by atoms with Crippen LogP contribution in [0, 0.1) is 0 Å². The molecular weight excluding hydrogens is 274 g/mol. The van der Waals surface area contributed by atoms with Gasteiger partial charge < -0.3 is 9.84 Å². The van der Waals surface area contributed by atoms with Gasteiger partial charge in [-0.25, -0.2) is 20.8 Å². The minimum absolute atomic E-state index is 0.558. The summed E-state index contributed by atoms with van der Waals surface area (Å²) in [5.74, 6) is 6.09. The van der Waals surface area contributed by atoms with Crippen molar-refractivity contribution in [1.29, 1.82) is 0 Å². The minimum atomic E-state index is 0.558. The summed E-state index contributed by atoms with van der Waals surface area (Å²) >= 11 is 1.37. The molecule has 3 rings (SSSR count). The van der Waals surface area contributed by atoms with Gasteiger partial charge in [0.15, 0.2) is 5.58 Å². The highest BCUT2D eigenvalue weighted by Crippen LogP contribution is 2.32. The molecular formula is C13H13N5OS. The van der Waals surface area contributed by atoms with Gasteiger partial charge in [0.25, 0.3) is 5.22 Å². The van der Waals surface area contributed by atoms with Crippen LogP contribution in [0.25, 0.3) is 11.1 Å². The molecule has 7 heteroatoms. The number of hydrazine groups is 1. The molecule has 3 N–H and O–H groups in total. The van der Waals surface area contributed by atoms with Crippen LogP contribution in [0.1, 0.15) is 12.5 Å². The fourth-order valence-corrected chi connectivity index (χ4v) is 2.81. The molecule has 0 fully saturated rings. The number of para-hydroxylation sites is 2. The maximum atomic E-state index is 5.68. The summed E-state index contributed by atoms with van der Waals surface area (Å²) in [5.41, 5.74) is 5.13. The molecule has 0 spiro atoms. The van der Waals surface area contributed by atoms with Gasteiger partial charge in [0.2, 0.25) is 0 Å². The standard InChI is InChI=1S/C13H13N5OS/c1-2-8-11(18-14)15-7-16-12(8)20-13-17-9-5-3-4-6-10(9)19-13/h3-7H,2,14H2,1H3,(H,15,16,18). The van der Waals surface area contributed by atoms with Crippen molar-refractivity contribution in [3.05, 3.63) is 36.2 Å². The van der Waals surface area contributed by atoms with E-state index in [-0.39, 0.29) is 0 Å². The van der Waals surface area contributed by atoms with Gasteiger partial charge in [-0.05, 0) is 30.3 Å². The van der Waals surface area contributed by atoms with Gasteiger partial charge >= 0.3 is 0 Å². The van der Waals surface area contributed by atoms with Gasteiger partial charge in [0.1, 0.15) is 22.7 Å². The van der Waals surface area contributed by atoms with Crippen LogP contribution in [0.5, 0.6) is 0 Å². The summed E-state index contributed by atoms with van der Waals surface area (Å²) in [6, 6.07) is 7.65. The number of nitrogens with one attached hydrogen (secondary N) is 1. The largest absolute Gasteiger partial charge is 0.431 e. The Labute approximate surface area is 119 Å². The first-order valence-electron chi connectivity index (χ1n) is 6.15. The average molecular weight is 287 g/mol. The molecule has 3 aromatic rings. The van der Waals surface area contributed by atoms with E-state index >= 15 is 0 Å². The SMILES string of the molecule is CCc1c(NN)ncnc1Sc1nc2ccccc2o1.